The normalized spacial score (nSPS) is 22.4. The number of aliphatic hydroxyl groups excluding tert-OH is 1. The van der Waals surface area contributed by atoms with E-state index < -0.39 is 0 Å². The van der Waals surface area contributed by atoms with Crippen molar-refractivity contribution >= 4 is 0 Å². The number of pyridine rings is 1. The summed E-state index contributed by atoms with van der Waals surface area (Å²) < 4.78 is 5.53. The molecule has 2 saturated heterocycles. The van der Waals surface area contributed by atoms with Crippen LogP contribution in [0.5, 0.6) is 0 Å². The van der Waals surface area contributed by atoms with Crippen molar-refractivity contribution in [2.45, 2.75) is 44.2 Å². The van der Waals surface area contributed by atoms with Crippen LogP contribution < -0.4 is 0 Å². The zero-order valence-corrected chi connectivity index (χ0v) is 15.3. The maximum absolute atomic E-state index is 9.39. The molecule has 4 nitrogen and oxygen atoms in total. The van der Waals surface area contributed by atoms with Gasteiger partial charge in [0.15, 0.2) is 0 Å². The van der Waals surface area contributed by atoms with Gasteiger partial charge in [0.05, 0.1) is 12.3 Å². The molecule has 26 heavy (non-hydrogen) atoms. The molecule has 2 aliphatic heterocycles. The lowest BCUT2D eigenvalue weighted by molar-refractivity contribution is 0.0238. The molecular weight excluding hydrogens is 324 g/mol. The molecule has 1 unspecified atom stereocenters. The first-order chi connectivity index (χ1) is 12.8. The van der Waals surface area contributed by atoms with E-state index in [1.165, 1.54) is 25.1 Å². The second kappa shape index (κ2) is 8.30. The lowest BCUT2D eigenvalue weighted by atomic mass is 9.91. The lowest BCUT2D eigenvalue weighted by Gasteiger charge is -2.39. The van der Waals surface area contributed by atoms with Gasteiger partial charge in [-0.1, -0.05) is 24.3 Å². The summed E-state index contributed by atoms with van der Waals surface area (Å²) in [7, 11) is 0. The molecule has 2 aromatic rings. The van der Waals surface area contributed by atoms with E-state index in [9.17, 15) is 5.11 Å². The lowest BCUT2D eigenvalue weighted by Crippen LogP contribution is -2.44. The van der Waals surface area contributed by atoms with E-state index in [0.717, 1.165) is 49.4 Å². The van der Waals surface area contributed by atoms with Gasteiger partial charge in [-0.15, -0.1) is 0 Å². The Morgan fingerprint density at radius 1 is 1.08 bits per heavy atom. The van der Waals surface area contributed by atoms with Gasteiger partial charge in [-0.3, -0.25) is 9.88 Å². The Labute approximate surface area is 155 Å². The predicted octanol–water partition coefficient (Wildman–Crippen LogP) is 3.60. The Morgan fingerprint density at radius 3 is 2.77 bits per heavy atom. The second-order valence-corrected chi connectivity index (χ2v) is 7.48. The number of nitrogens with zero attached hydrogens (tertiary/aromatic N) is 2. The molecule has 0 aliphatic carbocycles. The van der Waals surface area contributed by atoms with Gasteiger partial charge in [-0.2, -0.15) is 0 Å². The summed E-state index contributed by atoms with van der Waals surface area (Å²) in [6, 6.07) is 15.1. The Morgan fingerprint density at radius 2 is 1.92 bits per heavy atom. The number of rotatable bonds is 4. The molecule has 2 aliphatic rings. The van der Waals surface area contributed by atoms with Crippen LogP contribution in [0, 0.1) is 0 Å². The number of aliphatic hydroxyl groups is 1. The van der Waals surface area contributed by atoms with Crippen molar-refractivity contribution in [1.29, 1.82) is 0 Å². The van der Waals surface area contributed by atoms with Crippen LogP contribution in [0.2, 0.25) is 0 Å². The molecule has 1 N–H and O–H groups in total. The fourth-order valence-electron chi connectivity index (χ4n) is 4.30. The van der Waals surface area contributed by atoms with E-state index in [4.69, 9.17) is 9.72 Å². The van der Waals surface area contributed by atoms with Crippen molar-refractivity contribution in [2.75, 3.05) is 26.3 Å². The number of likely N-dealkylation sites (tertiary alicyclic amines) is 1. The Balaban J connectivity index is 1.52. The van der Waals surface area contributed by atoms with E-state index in [0.29, 0.717) is 12.0 Å². The van der Waals surface area contributed by atoms with Gasteiger partial charge in [-0.05, 0) is 56.0 Å². The summed E-state index contributed by atoms with van der Waals surface area (Å²) in [6.45, 7) is 4.19. The Kier molecular flexibility index (Phi) is 5.63. The first-order valence-corrected chi connectivity index (χ1v) is 9.82. The third kappa shape index (κ3) is 3.98. The highest BCUT2D eigenvalue weighted by Gasteiger charge is 2.28. The van der Waals surface area contributed by atoms with Crippen LogP contribution in [0.15, 0.2) is 42.5 Å². The number of aromatic nitrogens is 1. The van der Waals surface area contributed by atoms with Crippen molar-refractivity contribution < 1.29 is 9.84 Å². The highest BCUT2D eigenvalue weighted by atomic mass is 16.5. The van der Waals surface area contributed by atoms with Crippen molar-refractivity contribution in [3.05, 3.63) is 53.7 Å². The van der Waals surface area contributed by atoms with E-state index in [-0.39, 0.29) is 6.61 Å². The minimum Gasteiger partial charge on any atom is -0.392 e. The van der Waals surface area contributed by atoms with Gasteiger partial charge in [0.2, 0.25) is 0 Å². The van der Waals surface area contributed by atoms with Crippen LogP contribution in [-0.2, 0) is 11.3 Å². The molecular formula is C22H28N2O2. The zero-order valence-electron chi connectivity index (χ0n) is 15.3. The summed E-state index contributed by atoms with van der Waals surface area (Å²) in [6.07, 6.45) is 4.78. The summed E-state index contributed by atoms with van der Waals surface area (Å²) >= 11 is 0. The van der Waals surface area contributed by atoms with E-state index >= 15 is 0 Å². The standard InChI is InChI=1S/C22H28N2O2/c25-16-17-4-1-5-18(14-17)21-7-2-8-22(23-21)19-6-3-11-24(15-19)20-9-12-26-13-10-20/h1-2,4-5,7-8,14,19-20,25H,3,6,9-13,15-16H2. The molecule has 0 amide bonds. The first-order valence-electron chi connectivity index (χ1n) is 9.82. The van der Waals surface area contributed by atoms with Crippen molar-refractivity contribution in [3.8, 4) is 11.3 Å². The van der Waals surface area contributed by atoms with Gasteiger partial charge in [0.25, 0.3) is 0 Å². The van der Waals surface area contributed by atoms with Crippen molar-refractivity contribution in [3.63, 3.8) is 0 Å². The van der Waals surface area contributed by atoms with Gasteiger partial charge in [0, 0.05) is 43.0 Å². The van der Waals surface area contributed by atoms with Gasteiger partial charge in [-0.25, -0.2) is 0 Å². The molecule has 0 saturated carbocycles. The molecule has 0 spiro atoms. The van der Waals surface area contributed by atoms with Gasteiger partial charge >= 0.3 is 0 Å². The van der Waals surface area contributed by atoms with Crippen LogP contribution in [0.4, 0.5) is 0 Å². The smallest absolute Gasteiger partial charge is 0.0705 e. The Hall–Kier alpha value is -1.75. The number of hydrogen-bond donors (Lipinski definition) is 1. The van der Waals surface area contributed by atoms with Gasteiger partial charge < -0.3 is 9.84 Å². The number of ether oxygens (including phenoxy) is 1. The van der Waals surface area contributed by atoms with Crippen LogP contribution in [0.25, 0.3) is 11.3 Å². The quantitative estimate of drug-likeness (QED) is 0.913. The third-order valence-electron chi connectivity index (χ3n) is 5.75. The van der Waals surface area contributed by atoms with Crippen molar-refractivity contribution in [2.24, 2.45) is 0 Å². The topological polar surface area (TPSA) is 45.6 Å². The van der Waals surface area contributed by atoms with E-state index in [1.54, 1.807) is 0 Å². The number of hydrogen-bond acceptors (Lipinski definition) is 4. The molecule has 3 heterocycles. The first kappa shape index (κ1) is 17.7. The largest absolute Gasteiger partial charge is 0.392 e. The second-order valence-electron chi connectivity index (χ2n) is 7.48. The SMILES string of the molecule is OCc1cccc(-c2cccc(C3CCCN(C4CCOCC4)C3)n2)c1. The van der Waals surface area contributed by atoms with Crippen molar-refractivity contribution in [1.82, 2.24) is 9.88 Å². The molecule has 0 radical (unpaired) electrons. The van der Waals surface area contributed by atoms with Crippen LogP contribution in [-0.4, -0.2) is 47.3 Å². The monoisotopic (exact) mass is 352 g/mol. The molecule has 1 aromatic heterocycles. The summed E-state index contributed by atoms with van der Waals surface area (Å²) in [4.78, 5) is 7.65. The maximum Gasteiger partial charge on any atom is 0.0705 e. The summed E-state index contributed by atoms with van der Waals surface area (Å²) in [5.74, 6) is 0.507. The number of benzene rings is 1. The Bertz CT molecular complexity index is 728. The van der Waals surface area contributed by atoms with E-state index in [1.807, 2.05) is 18.2 Å². The minimum atomic E-state index is 0.0657. The summed E-state index contributed by atoms with van der Waals surface area (Å²) in [5, 5.41) is 9.39. The third-order valence-corrected chi connectivity index (χ3v) is 5.75. The fourth-order valence-corrected chi connectivity index (χ4v) is 4.30. The molecule has 2 fully saturated rings. The van der Waals surface area contributed by atoms with E-state index in [2.05, 4.69) is 29.2 Å². The molecule has 1 atom stereocenters. The fraction of sp³-hybridized carbons (Fsp3) is 0.500. The number of piperidine rings is 1. The highest BCUT2D eigenvalue weighted by Crippen LogP contribution is 2.30. The molecule has 138 valence electrons. The molecule has 0 bridgehead atoms. The van der Waals surface area contributed by atoms with Crippen LogP contribution >= 0.6 is 0 Å². The minimum absolute atomic E-state index is 0.0657. The molecule has 4 rings (SSSR count). The van der Waals surface area contributed by atoms with Crippen LogP contribution in [0.1, 0.15) is 42.9 Å². The van der Waals surface area contributed by atoms with Gasteiger partial charge in [0.1, 0.15) is 0 Å². The van der Waals surface area contributed by atoms with Crippen LogP contribution in [0.3, 0.4) is 0 Å². The predicted molar refractivity (Wildman–Crippen MR) is 103 cm³/mol. The zero-order chi connectivity index (χ0) is 17.8. The molecule has 1 aromatic carbocycles. The average molecular weight is 352 g/mol. The highest BCUT2D eigenvalue weighted by molar-refractivity contribution is 5.60. The molecule has 4 heteroatoms. The maximum atomic E-state index is 9.39. The average Bonchev–Trinajstić information content (AvgIpc) is 2.74. The summed E-state index contributed by atoms with van der Waals surface area (Å²) in [5.41, 5.74) is 4.21.